The van der Waals surface area contributed by atoms with Crippen LogP contribution in [0.4, 0.5) is 0 Å². The molecule has 0 aromatic rings. The van der Waals surface area contributed by atoms with Crippen LogP contribution in [0.2, 0.25) is 0 Å². The normalized spacial score (nSPS) is 9.75. The van der Waals surface area contributed by atoms with Crippen LogP contribution < -0.4 is 0 Å². The fourth-order valence-electron chi connectivity index (χ4n) is 1.19. The van der Waals surface area contributed by atoms with Gasteiger partial charge in [-0.1, -0.05) is 55.4 Å². The van der Waals surface area contributed by atoms with Gasteiger partial charge in [0.25, 0.3) is 0 Å². The van der Waals surface area contributed by atoms with E-state index in [0.29, 0.717) is 24.2 Å². The molecular formula is C12H29IN2Nd-2. The third-order valence-corrected chi connectivity index (χ3v) is 1.19. The Balaban J connectivity index is -0.0000000800. The Hall–Kier alpha value is 2.00. The van der Waals surface area contributed by atoms with Gasteiger partial charge in [0, 0.05) is 40.8 Å². The molecule has 16 heavy (non-hydrogen) atoms. The van der Waals surface area contributed by atoms with Crippen LogP contribution in [0, 0.1) is 40.8 Å². The number of halogens is 1. The summed E-state index contributed by atoms with van der Waals surface area (Å²) in [4.78, 5) is 0. The van der Waals surface area contributed by atoms with E-state index in [1.54, 1.807) is 0 Å². The second kappa shape index (κ2) is 17.0. The maximum absolute atomic E-state index is 4.28. The molecule has 0 atom stereocenters. The van der Waals surface area contributed by atoms with Gasteiger partial charge in [-0.2, -0.15) is 0 Å². The summed E-state index contributed by atoms with van der Waals surface area (Å²) in [6.07, 6.45) is 0. The van der Waals surface area contributed by atoms with Crippen molar-refractivity contribution >= 4 is 24.0 Å². The largest absolute Gasteiger partial charge is 0.658 e. The first-order valence-corrected chi connectivity index (χ1v) is 5.65. The summed E-state index contributed by atoms with van der Waals surface area (Å²) in [6.45, 7) is 16.8. The van der Waals surface area contributed by atoms with Crippen LogP contribution in [0.1, 0.15) is 55.4 Å². The summed E-state index contributed by atoms with van der Waals surface area (Å²) in [7, 11) is 0. The number of hydrogen-bond acceptors (Lipinski definition) is 0. The van der Waals surface area contributed by atoms with Gasteiger partial charge in [0.1, 0.15) is 0 Å². The molecule has 0 spiro atoms. The van der Waals surface area contributed by atoms with Crippen molar-refractivity contribution in [1.29, 1.82) is 0 Å². The van der Waals surface area contributed by atoms with Crippen LogP contribution in [-0.4, -0.2) is 24.2 Å². The molecule has 4 heteroatoms. The molecule has 2 nitrogen and oxygen atoms in total. The molecule has 0 radical (unpaired) electrons. The van der Waals surface area contributed by atoms with Crippen molar-refractivity contribution in [3.63, 3.8) is 0 Å². The SMILES string of the molecule is CC(C)[N-]C(C)C.CC(C)[N-]C(C)C.I.[Nd]. The molecule has 0 bridgehead atoms. The monoisotopic (exact) mass is 470 g/mol. The Labute approximate surface area is 153 Å². The summed E-state index contributed by atoms with van der Waals surface area (Å²) in [6, 6.07) is 2.00. The quantitative estimate of drug-likeness (QED) is 0.517. The van der Waals surface area contributed by atoms with Gasteiger partial charge < -0.3 is 10.6 Å². The van der Waals surface area contributed by atoms with E-state index >= 15 is 0 Å². The van der Waals surface area contributed by atoms with Gasteiger partial charge in [-0.15, -0.1) is 48.1 Å². The summed E-state index contributed by atoms with van der Waals surface area (Å²) in [5.74, 6) is 0. The molecule has 0 aromatic carbocycles. The summed E-state index contributed by atoms with van der Waals surface area (Å²) in [5, 5.41) is 8.56. The van der Waals surface area contributed by atoms with Crippen molar-refractivity contribution in [2.24, 2.45) is 0 Å². The van der Waals surface area contributed by atoms with Crippen molar-refractivity contribution in [1.82, 2.24) is 0 Å². The molecule has 0 aliphatic carbocycles. The third-order valence-electron chi connectivity index (χ3n) is 1.19. The van der Waals surface area contributed by atoms with Crippen LogP contribution in [0.5, 0.6) is 0 Å². The Bertz CT molecular complexity index is 91.6. The first kappa shape index (κ1) is 26.5. The van der Waals surface area contributed by atoms with E-state index in [1.165, 1.54) is 0 Å². The smallest absolute Gasteiger partial charge is 0 e. The zero-order valence-electron chi connectivity index (χ0n) is 12.1. The van der Waals surface area contributed by atoms with Crippen LogP contribution >= 0.6 is 24.0 Å². The van der Waals surface area contributed by atoms with Crippen molar-refractivity contribution in [3.05, 3.63) is 10.6 Å². The minimum atomic E-state index is 0. The number of rotatable bonds is 4. The third kappa shape index (κ3) is 36.0. The van der Waals surface area contributed by atoms with E-state index in [2.05, 4.69) is 66.0 Å². The number of hydrogen-bond donors (Lipinski definition) is 0. The summed E-state index contributed by atoms with van der Waals surface area (Å²) < 4.78 is 0. The molecule has 0 unspecified atom stereocenters. The minimum Gasteiger partial charge on any atom is -0.658 e. The standard InChI is InChI=1S/2C6H14N.HI.Nd/c2*1-5(2)7-6(3)4;;/h2*5-6H,1-4H3;1H;/q2*-1;;. The maximum atomic E-state index is 4.28. The second-order valence-corrected chi connectivity index (χ2v) is 4.67. The van der Waals surface area contributed by atoms with E-state index in [1.807, 2.05) is 0 Å². The van der Waals surface area contributed by atoms with Gasteiger partial charge in [0.2, 0.25) is 0 Å². The molecule has 0 saturated heterocycles. The maximum Gasteiger partial charge on any atom is 0 e. The Morgan fingerprint density at radius 3 is 0.625 bits per heavy atom. The predicted octanol–water partition coefficient (Wildman–Crippen LogP) is 4.97. The fraction of sp³-hybridized carbons (Fsp3) is 1.00. The fourth-order valence-corrected chi connectivity index (χ4v) is 1.19. The molecule has 100 valence electrons. The van der Waals surface area contributed by atoms with Crippen LogP contribution in [0.25, 0.3) is 10.6 Å². The van der Waals surface area contributed by atoms with E-state index < -0.39 is 0 Å². The van der Waals surface area contributed by atoms with Crippen LogP contribution in [-0.2, 0) is 0 Å². The van der Waals surface area contributed by atoms with Crippen molar-refractivity contribution in [2.75, 3.05) is 0 Å². The van der Waals surface area contributed by atoms with E-state index in [9.17, 15) is 0 Å². The molecule has 0 saturated carbocycles. The first-order valence-electron chi connectivity index (χ1n) is 5.65. The van der Waals surface area contributed by atoms with Gasteiger partial charge in [0.05, 0.1) is 0 Å². The van der Waals surface area contributed by atoms with Crippen LogP contribution in [0.3, 0.4) is 0 Å². The Kier molecular flexibility index (Phi) is 28.2. The van der Waals surface area contributed by atoms with Gasteiger partial charge in [-0.25, -0.2) is 0 Å². The molecule has 0 aromatic heterocycles. The Morgan fingerprint density at radius 2 is 0.625 bits per heavy atom. The molecule has 0 amide bonds. The first-order chi connectivity index (χ1) is 6.25. The molecular weight excluding hydrogens is 443 g/mol. The van der Waals surface area contributed by atoms with E-state index in [4.69, 9.17) is 0 Å². The predicted molar refractivity (Wildman–Crippen MR) is 82.7 cm³/mol. The van der Waals surface area contributed by atoms with Crippen molar-refractivity contribution in [2.45, 2.75) is 79.6 Å². The molecule has 0 fully saturated rings. The number of nitrogens with zero attached hydrogens (tertiary/aromatic N) is 2. The molecule has 0 rings (SSSR count). The molecule has 0 heterocycles. The molecule has 0 aliphatic heterocycles. The second-order valence-electron chi connectivity index (χ2n) is 4.67. The van der Waals surface area contributed by atoms with Gasteiger partial charge in [0.15, 0.2) is 0 Å². The zero-order valence-corrected chi connectivity index (χ0v) is 17.7. The van der Waals surface area contributed by atoms with Crippen molar-refractivity contribution < 1.29 is 40.8 Å². The zero-order chi connectivity index (χ0) is 11.7. The average molecular weight is 473 g/mol. The molecule has 0 aliphatic rings. The van der Waals surface area contributed by atoms with Gasteiger partial charge >= 0.3 is 0 Å². The van der Waals surface area contributed by atoms with Crippen LogP contribution in [0.15, 0.2) is 0 Å². The minimum absolute atomic E-state index is 0. The Morgan fingerprint density at radius 1 is 0.500 bits per heavy atom. The topological polar surface area (TPSA) is 28.2 Å². The summed E-state index contributed by atoms with van der Waals surface area (Å²) in [5.41, 5.74) is 0. The van der Waals surface area contributed by atoms with E-state index in [0.717, 1.165) is 0 Å². The van der Waals surface area contributed by atoms with E-state index in [-0.39, 0.29) is 64.8 Å². The van der Waals surface area contributed by atoms with Gasteiger partial charge in [-0.05, 0) is 0 Å². The summed E-state index contributed by atoms with van der Waals surface area (Å²) >= 11 is 0. The van der Waals surface area contributed by atoms with Gasteiger partial charge in [-0.3, -0.25) is 0 Å². The molecule has 0 N–H and O–H groups in total. The van der Waals surface area contributed by atoms with Crippen molar-refractivity contribution in [3.8, 4) is 0 Å². The average Bonchev–Trinajstić information content (AvgIpc) is 1.79.